The second kappa shape index (κ2) is 6.98. The van der Waals surface area contributed by atoms with E-state index in [4.69, 9.17) is 9.47 Å². The number of rotatable bonds is 6. The molecule has 3 aliphatic rings. The molecule has 1 amide bonds. The van der Waals surface area contributed by atoms with Crippen LogP contribution in [-0.4, -0.2) is 25.2 Å². The number of carbonyl (C=O) groups excluding carboxylic acids is 1. The van der Waals surface area contributed by atoms with Crippen molar-refractivity contribution < 1.29 is 14.3 Å². The summed E-state index contributed by atoms with van der Waals surface area (Å²) in [6.45, 7) is 7.40. The average Bonchev–Trinajstić information content (AvgIpc) is 3.08. The van der Waals surface area contributed by atoms with Gasteiger partial charge < -0.3 is 9.47 Å². The second-order valence-electron chi connectivity index (χ2n) is 9.41. The Morgan fingerprint density at radius 2 is 1.77 bits per heavy atom. The molecule has 0 aromatic heterocycles. The molecule has 4 heteroatoms. The highest BCUT2D eigenvalue weighted by molar-refractivity contribution is 6.06. The largest absolute Gasteiger partial charge is 0.497 e. The van der Waals surface area contributed by atoms with E-state index in [0.29, 0.717) is 23.9 Å². The van der Waals surface area contributed by atoms with Crippen LogP contribution in [0.15, 0.2) is 65.7 Å². The number of carbonyl (C=O) groups is 1. The van der Waals surface area contributed by atoms with Crippen LogP contribution in [0, 0.1) is 17.3 Å². The summed E-state index contributed by atoms with van der Waals surface area (Å²) >= 11 is 0. The van der Waals surface area contributed by atoms with Gasteiger partial charge in [-0.1, -0.05) is 49.8 Å². The van der Waals surface area contributed by atoms with E-state index < -0.39 is 6.10 Å². The van der Waals surface area contributed by atoms with Crippen LogP contribution in [0.3, 0.4) is 0 Å². The van der Waals surface area contributed by atoms with Crippen molar-refractivity contribution in [1.82, 2.24) is 0 Å². The van der Waals surface area contributed by atoms with Crippen molar-refractivity contribution in [2.45, 2.75) is 45.9 Å². The number of anilines is 1. The molecule has 0 N–H and O–H groups in total. The molecular weight excluding hydrogens is 374 g/mol. The molecule has 4 nitrogen and oxygen atoms in total. The van der Waals surface area contributed by atoms with Crippen molar-refractivity contribution in [3.63, 3.8) is 0 Å². The number of allylic oxidation sites excluding steroid dienone is 1. The van der Waals surface area contributed by atoms with Gasteiger partial charge in [0.2, 0.25) is 0 Å². The molecule has 0 radical (unpaired) electrons. The third-order valence-corrected chi connectivity index (χ3v) is 7.39. The lowest BCUT2D eigenvalue weighted by molar-refractivity contribution is -0.142. The summed E-state index contributed by atoms with van der Waals surface area (Å²) in [6, 6.07) is 17.8. The second-order valence-corrected chi connectivity index (χ2v) is 9.41. The highest BCUT2D eigenvalue weighted by Gasteiger charge is 2.67. The number of methoxy groups -OCH3 is 1. The molecule has 5 rings (SSSR count). The topological polar surface area (TPSA) is 38.8 Å². The van der Waals surface area contributed by atoms with Gasteiger partial charge in [-0.25, -0.2) is 0 Å². The predicted molar refractivity (Wildman–Crippen MR) is 117 cm³/mol. The standard InChI is InChI=1S/C26H29NO3/c1-16-14-20-22(26(20,2)3)21(16)23-24(30-15-17-8-6-5-7-9-17)25(28)27(23)18-10-12-19(29-4)13-11-18/h5-13,20,22-24H,14-15H2,1-4H3/t20-,22-,23+,24-/m1/s1. The van der Waals surface area contributed by atoms with Gasteiger partial charge in [0.05, 0.1) is 19.8 Å². The summed E-state index contributed by atoms with van der Waals surface area (Å²) in [7, 11) is 1.65. The normalized spacial score (nSPS) is 28.9. The van der Waals surface area contributed by atoms with Crippen molar-refractivity contribution in [2.75, 3.05) is 12.0 Å². The Kier molecular flexibility index (Phi) is 4.51. The minimum absolute atomic E-state index is 0.0219. The van der Waals surface area contributed by atoms with E-state index in [1.54, 1.807) is 7.11 Å². The molecule has 156 valence electrons. The molecule has 1 heterocycles. The molecular formula is C26H29NO3. The van der Waals surface area contributed by atoms with Gasteiger partial charge in [0.1, 0.15) is 5.75 Å². The molecule has 2 aromatic carbocycles. The van der Waals surface area contributed by atoms with Crippen LogP contribution in [0.5, 0.6) is 5.75 Å². The zero-order valence-electron chi connectivity index (χ0n) is 18.1. The van der Waals surface area contributed by atoms with Gasteiger partial charge in [0.15, 0.2) is 6.10 Å². The number of fused-ring (bicyclic) bond motifs is 1. The van der Waals surface area contributed by atoms with E-state index in [0.717, 1.165) is 23.4 Å². The van der Waals surface area contributed by atoms with E-state index in [2.05, 4.69) is 20.8 Å². The Balaban J connectivity index is 1.45. The molecule has 0 unspecified atom stereocenters. The van der Waals surface area contributed by atoms with Crippen LogP contribution in [0.1, 0.15) is 32.8 Å². The minimum atomic E-state index is -0.424. The Labute approximate surface area is 178 Å². The Bertz CT molecular complexity index is 993. The summed E-state index contributed by atoms with van der Waals surface area (Å²) < 4.78 is 11.5. The third kappa shape index (κ3) is 2.89. The van der Waals surface area contributed by atoms with Gasteiger partial charge in [-0.2, -0.15) is 0 Å². The maximum atomic E-state index is 13.2. The van der Waals surface area contributed by atoms with Crippen LogP contribution in [-0.2, 0) is 16.1 Å². The Hall–Kier alpha value is -2.59. The maximum absolute atomic E-state index is 13.2. The van der Waals surface area contributed by atoms with Gasteiger partial charge in [0, 0.05) is 5.69 Å². The van der Waals surface area contributed by atoms with Crippen molar-refractivity contribution in [3.05, 3.63) is 71.3 Å². The smallest absolute Gasteiger partial charge is 0.259 e. The molecule has 0 bridgehead atoms. The first-order valence-corrected chi connectivity index (χ1v) is 10.8. The summed E-state index contributed by atoms with van der Waals surface area (Å²) in [6.07, 6.45) is 0.715. The van der Waals surface area contributed by atoms with Gasteiger partial charge in [-0.3, -0.25) is 9.69 Å². The van der Waals surface area contributed by atoms with Crippen LogP contribution in [0.4, 0.5) is 5.69 Å². The van der Waals surface area contributed by atoms with E-state index in [-0.39, 0.29) is 11.9 Å². The first kappa shape index (κ1) is 19.4. The fourth-order valence-electron chi connectivity index (χ4n) is 5.61. The molecule has 2 aromatic rings. The maximum Gasteiger partial charge on any atom is 0.259 e. The first-order chi connectivity index (χ1) is 14.4. The van der Waals surface area contributed by atoms with E-state index >= 15 is 0 Å². The zero-order valence-corrected chi connectivity index (χ0v) is 18.1. The molecule has 30 heavy (non-hydrogen) atoms. The lowest BCUT2D eigenvalue weighted by Gasteiger charge is -2.48. The van der Waals surface area contributed by atoms with Crippen LogP contribution < -0.4 is 9.64 Å². The van der Waals surface area contributed by atoms with Crippen LogP contribution in [0.25, 0.3) is 0 Å². The van der Waals surface area contributed by atoms with Gasteiger partial charge in [-0.15, -0.1) is 0 Å². The summed E-state index contributed by atoms with van der Waals surface area (Å²) in [5.41, 5.74) is 5.19. The summed E-state index contributed by atoms with van der Waals surface area (Å²) in [4.78, 5) is 15.2. The number of hydrogen-bond donors (Lipinski definition) is 0. The lowest BCUT2D eigenvalue weighted by Crippen LogP contribution is -2.67. The van der Waals surface area contributed by atoms with Gasteiger partial charge >= 0.3 is 0 Å². The molecule has 2 aliphatic carbocycles. The zero-order chi connectivity index (χ0) is 21.0. The first-order valence-electron chi connectivity index (χ1n) is 10.8. The Morgan fingerprint density at radius 1 is 1.07 bits per heavy atom. The SMILES string of the molecule is COc1ccc(N2C(=O)[C@H](OCc3ccccc3)[C@@H]2C2=C(C)C[C@@H]3[C@H]2C3(C)C)cc1. The number of nitrogens with zero attached hydrogens (tertiary/aromatic N) is 1. The fourth-order valence-corrected chi connectivity index (χ4v) is 5.61. The highest BCUT2D eigenvalue weighted by Crippen LogP contribution is 2.70. The number of hydrogen-bond acceptors (Lipinski definition) is 3. The predicted octanol–water partition coefficient (Wildman–Crippen LogP) is 4.99. The van der Waals surface area contributed by atoms with Crippen molar-refractivity contribution in [3.8, 4) is 5.75 Å². The fraction of sp³-hybridized carbons (Fsp3) is 0.423. The highest BCUT2D eigenvalue weighted by atomic mass is 16.5. The molecule has 1 aliphatic heterocycles. The molecule has 1 saturated carbocycles. The van der Waals surface area contributed by atoms with E-state index in [1.807, 2.05) is 59.5 Å². The van der Waals surface area contributed by atoms with Gasteiger partial charge in [-0.05, 0) is 66.0 Å². The number of benzene rings is 2. The van der Waals surface area contributed by atoms with E-state index in [9.17, 15) is 4.79 Å². The van der Waals surface area contributed by atoms with Crippen LogP contribution in [0.2, 0.25) is 0 Å². The number of amides is 1. The molecule has 4 atom stereocenters. The molecule has 0 spiro atoms. The lowest BCUT2D eigenvalue weighted by atomic mass is 9.82. The third-order valence-electron chi connectivity index (χ3n) is 7.39. The monoisotopic (exact) mass is 403 g/mol. The summed E-state index contributed by atoms with van der Waals surface area (Å²) in [5.74, 6) is 2.10. The number of ether oxygens (including phenoxy) is 2. The van der Waals surface area contributed by atoms with Crippen molar-refractivity contribution >= 4 is 11.6 Å². The number of β-lactam (4-membered cyclic amide) rings is 1. The Morgan fingerprint density at radius 3 is 2.40 bits per heavy atom. The van der Waals surface area contributed by atoms with Gasteiger partial charge in [0.25, 0.3) is 5.91 Å². The van der Waals surface area contributed by atoms with Crippen LogP contribution >= 0.6 is 0 Å². The quantitative estimate of drug-likeness (QED) is 0.504. The average molecular weight is 404 g/mol. The molecule has 2 fully saturated rings. The molecule has 1 saturated heterocycles. The van der Waals surface area contributed by atoms with E-state index in [1.165, 1.54) is 11.1 Å². The van der Waals surface area contributed by atoms with Crippen molar-refractivity contribution in [2.24, 2.45) is 17.3 Å². The van der Waals surface area contributed by atoms with Crippen molar-refractivity contribution in [1.29, 1.82) is 0 Å². The minimum Gasteiger partial charge on any atom is -0.497 e. The summed E-state index contributed by atoms with van der Waals surface area (Å²) in [5, 5.41) is 0.